The molecule has 0 heterocycles. The maximum Gasteiger partial charge on any atom is -0.0197 e. The molecule has 0 rings (SSSR count). The van der Waals surface area contributed by atoms with Crippen LogP contribution in [-0.4, -0.2) is 6.16 Å². The van der Waals surface area contributed by atoms with Gasteiger partial charge >= 0.3 is 0 Å². The average Bonchev–Trinajstić information content (AvgIpc) is 2.17. The number of hydrogen-bond acceptors (Lipinski definition) is 0. The summed E-state index contributed by atoms with van der Waals surface area (Å²) in [7, 11) is 2.74. The molecule has 0 fully saturated rings. The van der Waals surface area contributed by atoms with Crippen molar-refractivity contribution in [3.05, 3.63) is 34.9 Å². The van der Waals surface area contributed by atoms with E-state index in [1.807, 2.05) is 0 Å². The van der Waals surface area contributed by atoms with Crippen LogP contribution in [0, 0.1) is 0 Å². The smallest absolute Gasteiger partial charge is 0.0197 e. The standard InChI is InChI=1S/C15H27P/c1-13(2)7-5-8-14(3)9-6-10-15(4)11-12-16/h7,9,11H,5-6,8,10,12,16H2,1-4H3/b14-9+,15-11+. The van der Waals surface area contributed by atoms with E-state index in [-0.39, 0.29) is 0 Å². The third kappa shape index (κ3) is 10.2. The molecule has 0 saturated carbocycles. The molecule has 0 aromatic carbocycles. The topological polar surface area (TPSA) is 0 Å². The largest absolute Gasteiger partial charge is 0.134 e. The van der Waals surface area contributed by atoms with Crippen molar-refractivity contribution in [1.82, 2.24) is 0 Å². The molecule has 1 unspecified atom stereocenters. The van der Waals surface area contributed by atoms with Crippen LogP contribution in [0.1, 0.15) is 53.4 Å². The van der Waals surface area contributed by atoms with Crippen LogP contribution in [0.25, 0.3) is 0 Å². The number of rotatable bonds is 7. The summed E-state index contributed by atoms with van der Waals surface area (Å²) in [5, 5.41) is 0. The summed E-state index contributed by atoms with van der Waals surface area (Å²) in [6.07, 6.45) is 12.9. The number of allylic oxidation sites excluding steroid dienone is 6. The summed E-state index contributed by atoms with van der Waals surface area (Å²) in [6.45, 7) is 8.79. The van der Waals surface area contributed by atoms with Gasteiger partial charge in [0.15, 0.2) is 0 Å². The Morgan fingerprint density at radius 1 is 0.812 bits per heavy atom. The van der Waals surface area contributed by atoms with Gasteiger partial charge in [-0.1, -0.05) is 34.9 Å². The molecule has 0 aliphatic heterocycles. The first-order valence-corrected chi connectivity index (χ1v) is 7.02. The first kappa shape index (κ1) is 15.7. The quantitative estimate of drug-likeness (QED) is 0.418. The van der Waals surface area contributed by atoms with Crippen LogP contribution in [-0.2, 0) is 0 Å². The van der Waals surface area contributed by atoms with Crippen LogP contribution < -0.4 is 0 Å². The summed E-state index contributed by atoms with van der Waals surface area (Å²) in [4.78, 5) is 0. The highest BCUT2D eigenvalue weighted by atomic mass is 31.0. The van der Waals surface area contributed by atoms with Gasteiger partial charge in [0.05, 0.1) is 0 Å². The van der Waals surface area contributed by atoms with Crippen LogP contribution in [0.4, 0.5) is 0 Å². The molecule has 0 radical (unpaired) electrons. The molecule has 0 nitrogen and oxygen atoms in total. The van der Waals surface area contributed by atoms with E-state index < -0.39 is 0 Å². The summed E-state index contributed by atoms with van der Waals surface area (Å²) >= 11 is 0. The van der Waals surface area contributed by atoms with Crippen molar-refractivity contribution in [2.45, 2.75) is 53.4 Å². The molecule has 92 valence electrons. The molecular weight excluding hydrogens is 211 g/mol. The molecule has 0 aromatic rings. The van der Waals surface area contributed by atoms with Gasteiger partial charge in [-0.25, -0.2) is 0 Å². The monoisotopic (exact) mass is 238 g/mol. The summed E-state index contributed by atoms with van der Waals surface area (Å²) < 4.78 is 0. The minimum atomic E-state index is 1.08. The van der Waals surface area contributed by atoms with E-state index in [1.54, 1.807) is 0 Å². The van der Waals surface area contributed by atoms with Gasteiger partial charge in [0.2, 0.25) is 0 Å². The molecule has 16 heavy (non-hydrogen) atoms. The van der Waals surface area contributed by atoms with Crippen LogP contribution in [0.2, 0.25) is 0 Å². The molecular formula is C15H27P. The lowest BCUT2D eigenvalue weighted by molar-refractivity contribution is 0.917. The lowest BCUT2D eigenvalue weighted by Crippen LogP contribution is -1.80. The fourth-order valence-electron chi connectivity index (χ4n) is 1.54. The maximum atomic E-state index is 2.74. The Balaban J connectivity index is 3.79. The molecule has 0 spiro atoms. The zero-order valence-electron chi connectivity index (χ0n) is 11.3. The fourth-order valence-corrected chi connectivity index (χ4v) is 1.94. The zero-order chi connectivity index (χ0) is 12.4. The van der Waals surface area contributed by atoms with Gasteiger partial charge in [0, 0.05) is 0 Å². The predicted octanol–water partition coefficient (Wildman–Crippen LogP) is 5.28. The van der Waals surface area contributed by atoms with E-state index in [0.717, 1.165) is 6.16 Å². The lowest BCUT2D eigenvalue weighted by Gasteiger charge is -2.00. The predicted molar refractivity (Wildman–Crippen MR) is 80.0 cm³/mol. The summed E-state index contributed by atoms with van der Waals surface area (Å²) in [5.41, 5.74) is 4.45. The molecule has 0 N–H and O–H groups in total. The van der Waals surface area contributed by atoms with Gasteiger partial charge in [-0.05, 0) is 59.5 Å². The number of hydrogen-bond donors (Lipinski definition) is 0. The highest BCUT2D eigenvalue weighted by molar-refractivity contribution is 7.16. The Morgan fingerprint density at radius 2 is 1.31 bits per heavy atom. The van der Waals surface area contributed by atoms with Gasteiger partial charge in [-0.2, -0.15) is 0 Å². The van der Waals surface area contributed by atoms with Crippen LogP contribution >= 0.6 is 9.24 Å². The van der Waals surface area contributed by atoms with Gasteiger partial charge < -0.3 is 0 Å². The lowest BCUT2D eigenvalue weighted by atomic mass is 10.1. The minimum Gasteiger partial charge on any atom is -0.134 e. The SMILES string of the molecule is CC(C)=CCC/C(C)=C/CC/C(C)=C/CP. The second-order valence-corrected chi connectivity index (χ2v) is 5.17. The van der Waals surface area contributed by atoms with E-state index in [0.29, 0.717) is 0 Å². The van der Waals surface area contributed by atoms with Crippen LogP contribution in [0.5, 0.6) is 0 Å². The molecule has 0 aliphatic rings. The molecule has 1 heteroatoms. The Bertz CT molecular complexity index is 265. The molecule has 0 bridgehead atoms. The zero-order valence-corrected chi connectivity index (χ0v) is 12.5. The second kappa shape index (κ2) is 9.85. The second-order valence-electron chi connectivity index (χ2n) is 4.70. The normalized spacial score (nSPS) is 12.8. The highest BCUT2D eigenvalue weighted by Crippen LogP contribution is 2.11. The third-order valence-electron chi connectivity index (χ3n) is 2.59. The molecule has 1 atom stereocenters. The summed E-state index contributed by atoms with van der Waals surface area (Å²) in [6, 6.07) is 0. The van der Waals surface area contributed by atoms with Crippen molar-refractivity contribution in [3.63, 3.8) is 0 Å². The Hall–Kier alpha value is -0.350. The van der Waals surface area contributed by atoms with Crippen molar-refractivity contribution < 1.29 is 0 Å². The van der Waals surface area contributed by atoms with E-state index in [4.69, 9.17) is 0 Å². The Labute approximate surface area is 104 Å². The van der Waals surface area contributed by atoms with E-state index in [1.165, 1.54) is 42.4 Å². The maximum absolute atomic E-state index is 2.74. The highest BCUT2D eigenvalue weighted by Gasteiger charge is 1.91. The average molecular weight is 238 g/mol. The van der Waals surface area contributed by atoms with Crippen molar-refractivity contribution >= 4 is 9.24 Å². The van der Waals surface area contributed by atoms with Gasteiger partial charge in [0.1, 0.15) is 0 Å². The first-order valence-electron chi connectivity index (χ1n) is 6.21. The fraction of sp³-hybridized carbons (Fsp3) is 0.600. The first-order chi connectivity index (χ1) is 7.56. The Morgan fingerprint density at radius 3 is 1.81 bits per heavy atom. The minimum absolute atomic E-state index is 1.08. The molecule has 0 aromatic heterocycles. The van der Waals surface area contributed by atoms with Crippen molar-refractivity contribution in [2.75, 3.05) is 6.16 Å². The van der Waals surface area contributed by atoms with Crippen LogP contribution in [0.3, 0.4) is 0 Å². The summed E-state index contributed by atoms with van der Waals surface area (Å²) in [5.74, 6) is 0. The van der Waals surface area contributed by atoms with E-state index >= 15 is 0 Å². The molecule has 0 saturated heterocycles. The molecule has 0 aliphatic carbocycles. The van der Waals surface area contributed by atoms with Crippen molar-refractivity contribution in [1.29, 1.82) is 0 Å². The molecule has 0 amide bonds. The van der Waals surface area contributed by atoms with Gasteiger partial charge in [-0.15, -0.1) is 9.24 Å². The van der Waals surface area contributed by atoms with E-state index in [9.17, 15) is 0 Å². The van der Waals surface area contributed by atoms with Crippen LogP contribution in [0.15, 0.2) is 34.9 Å². The van der Waals surface area contributed by atoms with E-state index in [2.05, 4.69) is 55.2 Å². The Kier molecular flexibility index (Phi) is 9.63. The van der Waals surface area contributed by atoms with Crippen molar-refractivity contribution in [3.8, 4) is 0 Å². The third-order valence-corrected chi connectivity index (χ3v) is 2.82. The van der Waals surface area contributed by atoms with Gasteiger partial charge in [-0.3, -0.25) is 0 Å². The van der Waals surface area contributed by atoms with Gasteiger partial charge in [0.25, 0.3) is 0 Å². The van der Waals surface area contributed by atoms with Crippen molar-refractivity contribution in [2.24, 2.45) is 0 Å².